The third kappa shape index (κ3) is 3.27. The van der Waals surface area contributed by atoms with E-state index in [4.69, 9.17) is 5.11 Å². The molecule has 1 amide bonds. The first-order chi connectivity index (χ1) is 8.66. The Bertz CT molecular complexity index is 400. The molecular weight excluding hydrogens is 234 g/mol. The fourth-order valence-corrected chi connectivity index (χ4v) is 1.71. The molecule has 1 saturated heterocycles. The third-order valence-electron chi connectivity index (χ3n) is 2.96. The molecule has 1 fully saturated rings. The van der Waals surface area contributed by atoms with E-state index < -0.39 is 0 Å². The van der Waals surface area contributed by atoms with Crippen LogP contribution in [0.15, 0.2) is 6.20 Å². The van der Waals surface area contributed by atoms with Crippen LogP contribution < -0.4 is 10.6 Å². The van der Waals surface area contributed by atoms with Gasteiger partial charge >= 0.3 is 0 Å². The second-order valence-electron chi connectivity index (χ2n) is 4.64. The predicted octanol–water partition coefficient (Wildman–Crippen LogP) is -0.687. The number of nitrogens with one attached hydrogen (secondary N) is 2. The van der Waals surface area contributed by atoms with Crippen molar-refractivity contribution >= 4 is 5.91 Å². The second-order valence-corrected chi connectivity index (χ2v) is 4.64. The molecule has 1 aromatic rings. The smallest absolute Gasteiger partial charge is 0.273 e. The van der Waals surface area contributed by atoms with E-state index in [1.165, 1.54) is 0 Å². The number of hydrogen-bond acceptors (Lipinski definition) is 5. The van der Waals surface area contributed by atoms with Crippen LogP contribution in [0, 0.1) is 0 Å². The second kappa shape index (κ2) is 5.92. The van der Waals surface area contributed by atoms with E-state index in [-0.39, 0.29) is 12.0 Å². The monoisotopic (exact) mass is 253 g/mol. The molecule has 7 heteroatoms. The first-order valence-electron chi connectivity index (χ1n) is 6.25. The Morgan fingerprint density at radius 3 is 3.11 bits per heavy atom. The van der Waals surface area contributed by atoms with E-state index in [9.17, 15) is 4.79 Å². The molecule has 7 nitrogen and oxygen atoms in total. The predicted molar refractivity (Wildman–Crippen MR) is 65.2 cm³/mol. The van der Waals surface area contributed by atoms with Crippen molar-refractivity contribution < 1.29 is 9.90 Å². The van der Waals surface area contributed by atoms with E-state index in [1.54, 1.807) is 17.8 Å². The summed E-state index contributed by atoms with van der Waals surface area (Å²) in [5.74, 6) is -0.209. The van der Waals surface area contributed by atoms with Gasteiger partial charge < -0.3 is 15.7 Å². The Morgan fingerprint density at radius 2 is 2.50 bits per heavy atom. The van der Waals surface area contributed by atoms with Crippen molar-refractivity contribution in [1.29, 1.82) is 0 Å². The minimum Gasteiger partial charge on any atom is -0.393 e. The molecule has 0 aromatic carbocycles. The zero-order chi connectivity index (χ0) is 13.0. The number of hydrogen-bond donors (Lipinski definition) is 3. The molecule has 18 heavy (non-hydrogen) atoms. The van der Waals surface area contributed by atoms with Crippen LogP contribution in [0.3, 0.4) is 0 Å². The minimum atomic E-state index is -0.325. The van der Waals surface area contributed by atoms with Crippen LogP contribution in [0.2, 0.25) is 0 Å². The number of aliphatic hydroxyl groups excluding tert-OH is 1. The highest BCUT2D eigenvalue weighted by Gasteiger charge is 2.21. The van der Waals surface area contributed by atoms with Gasteiger partial charge in [-0.15, -0.1) is 5.10 Å². The molecule has 2 rings (SSSR count). The quantitative estimate of drug-likeness (QED) is 0.584. The Morgan fingerprint density at radius 1 is 1.72 bits per heavy atom. The van der Waals surface area contributed by atoms with Gasteiger partial charge in [-0.1, -0.05) is 5.21 Å². The van der Waals surface area contributed by atoms with E-state index in [2.05, 4.69) is 20.9 Å². The molecule has 2 heterocycles. The van der Waals surface area contributed by atoms with Crippen LogP contribution in [0.4, 0.5) is 0 Å². The summed E-state index contributed by atoms with van der Waals surface area (Å²) in [5, 5.41) is 22.8. The Balaban J connectivity index is 1.76. The highest BCUT2D eigenvalue weighted by molar-refractivity contribution is 5.91. The number of carbonyl (C=O) groups is 1. The van der Waals surface area contributed by atoms with Gasteiger partial charge in [0.15, 0.2) is 5.69 Å². The van der Waals surface area contributed by atoms with E-state index >= 15 is 0 Å². The van der Waals surface area contributed by atoms with Crippen molar-refractivity contribution in [3.8, 4) is 0 Å². The van der Waals surface area contributed by atoms with Gasteiger partial charge in [-0.3, -0.25) is 4.79 Å². The summed E-state index contributed by atoms with van der Waals surface area (Å²) in [4.78, 5) is 11.7. The molecule has 1 unspecified atom stereocenters. The normalized spacial score (nSPS) is 17.2. The van der Waals surface area contributed by atoms with E-state index in [0.29, 0.717) is 24.7 Å². The topological polar surface area (TPSA) is 92.1 Å². The average Bonchev–Trinajstić information content (AvgIpc) is 2.70. The van der Waals surface area contributed by atoms with E-state index in [1.807, 2.05) is 0 Å². The van der Waals surface area contributed by atoms with Crippen LogP contribution in [0.25, 0.3) is 0 Å². The van der Waals surface area contributed by atoms with Gasteiger partial charge in [0.25, 0.3) is 5.91 Å². The SMILES string of the molecule is CC(O)CCCNC(=O)c1cn(C2CNC2)nn1. The lowest BCUT2D eigenvalue weighted by Gasteiger charge is -2.26. The van der Waals surface area contributed by atoms with Crippen molar-refractivity contribution in [3.63, 3.8) is 0 Å². The highest BCUT2D eigenvalue weighted by Crippen LogP contribution is 2.09. The number of amides is 1. The summed E-state index contributed by atoms with van der Waals surface area (Å²) in [7, 11) is 0. The van der Waals surface area contributed by atoms with Crippen LogP contribution in [-0.4, -0.2) is 51.7 Å². The van der Waals surface area contributed by atoms with Crippen molar-refractivity contribution in [2.24, 2.45) is 0 Å². The summed E-state index contributed by atoms with van der Waals surface area (Å²) in [6, 6.07) is 0.314. The standard InChI is InChI=1S/C11H19N5O2/c1-8(17)3-2-4-13-11(18)10-7-16(15-14-10)9-5-12-6-9/h7-9,12,17H,2-6H2,1H3,(H,13,18). The molecular formula is C11H19N5O2. The fourth-order valence-electron chi connectivity index (χ4n) is 1.71. The number of aliphatic hydroxyl groups is 1. The maximum atomic E-state index is 11.7. The van der Waals surface area contributed by atoms with Gasteiger partial charge in [-0.2, -0.15) is 0 Å². The summed E-state index contributed by atoms with van der Waals surface area (Å²) in [6.45, 7) is 4.03. The molecule has 1 atom stereocenters. The maximum absolute atomic E-state index is 11.7. The van der Waals surface area contributed by atoms with Crippen LogP contribution >= 0.6 is 0 Å². The molecule has 1 aliphatic heterocycles. The maximum Gasteiger partial charge on any atom is 0.273 e. The molecule has 0 spiro atoms. The minimum absolute atomic E-state index is 0.209. The first kappa shape index (κ1) is 13.0. The molecule has 0 saturated carbocycles. The lowest BCUT2D eigenvalue weighted by Crippen LogP contribution is -2.43. The van der Waals surface area contributed by atoms with Gasteiger partial charge in [0.05, 0.1) is 18.3 Å². The summed E-state index contributed by atoms with van der Waals surface area (Å²) < 4.78 is 1.72. The lowest BCUT2D eigenvalue weighted by molar-refractivity contribution is 0.0944. The van der Waals surface area contributed by atoms with Gasteiger partial charge in [0, 0.05) is 19.6 Å². The fraction of sp³-hybridized carbons (Fsp3) is 0.727. The summed E-state index contributed by atoms with van der Waals surface area (Å²) >= 11 is 0. The summed E-state index contributed by atoms with van der Waals surface area (Å²) in [5.41, 5.74) is 0.346. The molecule has 0 bridgehead atoms. The number of aromatic nitrogens is 3. The molecule has 1 aliphatic rings. The van der Waals surface area contributed by atoms with Gasteiger partial charge in [0.1, 0.15) is 0 Å². The van der Waals surface area contributed by atoms with Crippen molar-refractivity contribution in [2.75, 3.05) is 19.6 Å². The summed E-state index contributed by atoms with van der Waals surface area (Å²) in [6.07, 6.45) is 2.79. The lowest BCUT2D eigenvalue weighted by atomic mass is 10.2. The molecule has 100 valence electrons. The zero-order valence-electron chi connectivity index (χ0n) is 10.5. The molecule has 1 aromatic heterocycles. The Kier molecular flexibility index (Phi) is 4.27. The number of carbonyl (C=O) groups excluding carboxylic acids is 1. The van der Waals surface area contributed by atoms with Crippen LogP contribution in [0.1, 0.15) is 36.3 Å². The van der Waals surface area contributed by atoms with Gasteiger partial charge in [-0.25, -0.2) is 4.68 Å². The molecule has 0 radical (unpaired) electrons. The van der Waals surface area contributed by atoms with Crippen molar-refractivity contribution in [1.82, 2.24) is 25.6 Å². The van der Waals surface area contributed by atoms with Crippen molar-refractivity contribution in [2.45, 2.75) is 31.9 Å². The third-order valence-corrected chi connectivity index (χ3v) is 2.96. The van der Waals surface area contributed by atoms with Gasteiger partial charge in [0.2, 0.25) is 0 Å². The number of rotatable bonds is 6. The molecule has 0 aliphatic carbocycles. The van der Waals surface area contributed by atoms with Crippen LogP contribution in [0.5, 0.6) is 0 Å². The molecule has 3 N–H and O–H groups in total. The van der Waals surface area contributed by atoms with Crippen molar-refractivity contribution in [3.05, 3.63) is 11.9 Å². The van der Waals surface area contributed by atoms with Crippen LogP contribution in [-0.2, 0) is 0 Å². The zero-order valence-corrected chi connectivity index (χ0v) is 10.5. The Hall–Kier alpha value is -1.47. The van der Waals surface area contributed by atoms with E-state index in [0.717, 1.165) is 19.5 Å². The average molecular weight is 253 g/mol. The highest BCUT2D eigenvalue weighted by atomic mass is 16.3. The number of nitrogens with zero attached hydrogens (tertiary/aromatic N) is 3. The largest absolute Gasteiger partial charge is 0.393 e. The first-order valence-corrected chi connectivity index (χ1v) is 6.25. The Labute approximate surface area is 106 Å². The van der Waals surface area contributed by atoms with Gasteiger partial charge in [-0.05, 0) is 19.8 Å².